The molecule has 27 heavy (non-hydrogen) atoms. The first-order valence-corrected chi connectivity index (χ1v) is 9.35. The maximum Gasteiger partial charge on any atom is 0.307 e. The topological polar surface area (TPSA) is 55.8 Å². The lowest BCUT2D eigenvalue weighted by Gasteiger charge is -2.22. The standard InChI is InChI=1S/C22H27NO4/c1-3-15-23(16-14-21(24)26-4-2)22(25)19-10-12-20(13-11-19)27-17-18-8-6-5-7-9-18/h5-13H,3-4,14-17H2,1-2H3. The summed E-state index contributed by atoms with van der Waals surface area (Å²) in [6.07, 6.45) is 1.03. The summed E-state index contributed by atoms with van der Waals surface area (Å²) in [4.78, 5) is 26.0. The Hall–Kier alpha value is -2.82. The molecule has 0 aliphatic rings. The van der Waals surface area contributed by atoms with Gasteiger partial charge < -0.3 is 14.4 Å². The third-order valence-corrected chi connectivity index (χ3v) is 4.02. The average molecular weight is 369 g/mol. The highest BCUT2D eigenvalue weighted by Gasteiger charge is 2.16. The van der Waals surface area contributed by atoms with E-state index in [1.807, 2.05) is 37.3 Å². The lowest BCUT2D eigenvalue weighted by atomic mass is 10.1. The molecular formula is C22H27NO4. The van der Waals surface area contributed by atoms with Gasteiger partial charge in [-0.05, 0) is 43.2 Å². The van der Waals surface area contributed by atoms with E-state index in [1.54, 1.807) is 36.1 Å². The van der Waals surface area contributed by atoms with E-state index in [-0.39, 0.29) is 18.3 Å². The van der Waals surface area contributed by atoms with Crippen molar-refractivity contribution in [3.8, 4) is 5.75 Å². The van der Waals surface area contributed by atoms with Crippen LogP contribution in [0.3, 0.4) is 0 Å². The predicted molar refractivity (Wildman–Crippen MR) is 105 cm³/mol. The number of benzene rings is 2. The van der Waals surface area contributed by atoms with Gasteiger partial charge >= 0.3 is 5.97 Å². The molecule has 5 heteroatoms. The lowest BCUT2D eigenvalue weighted by Crippen LogP contribution is -2.34. The summed E-state index contributed by atoms with van der Waals surface area (Å²) in [5, 5.41) is 0. The zero-order valence-corrected chi connectivity index (χ0v) is 16.0. The van der Waals surface area contributed by atoms with E-state index in [0.29, 0.717) is 37.6 Å². The molecule has 0 atom stereocenters. The van der Waals surface area contributed by atoms with Crippen LogP contribution in [0.25, 0.3) is 0 Å². The Morgan fingerprint density at radius 2 is 1.63 bits per heavy atom. The van der Waals surface area contributed by atoms with Gasteiger partial charge in [0.15, 0.2) is 0 Å². The van der Waals surface area contributed by atoms with E-state index < -0.39 is 0 Å². The Morgan fingerprint density at radius 1 is 0.926 bits per heavy atom. The molecule has 0 heterocycles. The molecule has 0 aromatic heterocycles. The van der Waals surface area contributed by atoms with E-state index in [4.69, 9.17) is 9.47 Å². The van der Waals surface area contributed by atoms with Gasteiger partial charge in [0.2, 0.25) is 0 Å². The summed E-state index contributed by atoms with van der Waals surface area (Å²) < 4.78 is 10.7. The molecule has 0 spiro atoms. The van der Waals surface area contributed by atoms with Crippen LogP contribution in [0.4, 0.5) is 0 Å². The van der Waals surface area contributed by atoms with Gasteiger partial charge in [-0.15, -0.1) is 0 Å². The Labute approximate surface area is 160 Å². The molecule has 144 valence electrons. The van der Waals surface area contributed by atoms with Crippen LogP contribution < -0.4 is 4.74 Å². The van der Waals surface area contributed by atoms with E-state index in [1.165, 1.54) is 0 Å². The first kappa shape index (κ1) is 20.5. The largest absolute Gasteiger partial charge is 0.489 e. The van der Waals surface area contributed by atoms with Crippen LogP contribution in [0.5, 0.6) is 5.75 Å². The molecule has 0 bridgehead atoms. The molecule has 2 rings (SSSR count). The van der Waals surface area contributed by atoms with Gasteiger partial charge in [0.1, 0.15) is 12.4 Å². The van der Waals surface area contributed by atoms with E-state index in [9.17, 15) is 9.59 Å². The molecule has 0 saturated carbocycles. The molecule has 5 nitrogen and oxygen atoms in total. The maximum atomic E-state index is 12.7. The minimum Gasteiger partial charge on any atom is -0.489 e. The van der Waals surface area contributed by atoms with E-state index >= 15 is 0 Å². The molecule has 0 aliphatic carbocycles. The second kappa shape index (κ2) is 11.0. The van der Waals surface area contributed by atoms with Crippen molar-refractivity contribution in [3.63, 3.8) is 0 Å². The average Bonchev–Trinajstić information content (AvgIpc) is 2.70. The lowest BCUT2D eigenvalue weighted by molar-refractivity contribution is -0.143. The van der Waals surface area contributed by atoms with Crippen LogP contribution in [0, 0.1) is 0 Å². The van der Waals surface area contributed by atoms with Crippen molar-refractivity contribution in [1.82, 2.24) is 4.90 Å². The minimum atomic E-state index is -0.281. The number of hydrogen-bond donors (Lipinski definition) is 0. The van der Waals surface area contributed by atoms with Crippen LogP contribution in [0.1, 0.15) is 42.6 Å². The van der Waals surface area contributed by atoms with Gasteiger partial charge in [0.05, 0.1) is 13.0 Å². The summed E-state index contributed by atoms with van der Waals surface area (Å²) in [6.45, 7) is 5.57. The number of carbonyl (C=O) groups is 2. The van der Waals surface area contributed by atoms with Gasteiger partial charge in [-0.2, -0.15) is 0 Å². The van der Waals surface area contributed by atoms with Gasteiger partial charge in [-0.1, -0.05) is 37.3 Å². The van der Waals surface area contributed by atoms with Crippen LogP contribution in [0.15, 0.2) is 54.6 Å². The van der Waals surface area contributed by atoms with Crippen molar-refractivity contribution in [3.05, 3.63) is 65.7 Å². The molecule has 2 aromatic rings. The first-order valence-electron chi connectivity index (χ1n) is 9.35. The Morgan fingerprint density at radius 3 is 2.26 bits per heavy atom. The van der Waals surface area contributed by atoms with Crippen molar-refractivity contribution in [2.75, 3.05) is 19.7 Å². The molecule has 0 fully saturated rings. The maximum absolute atomic E-state index is 12.7. The normalized spacial score (nSPS) is 10.3. The molecule has 0 N–H and O–H groups in total. The van der Waals surface area contributed by atoms with Crippen LogP contribution >= 0.6 is 0 Å². The van der Waals surface area contributed by atoms with Gasteiger partial charge in [-0.3, -0.25) is 9.59 Å². The predicted octanol–water partition coefficient (Wildman–Crippen LogP) is 4.07. The van der Waals surface area contributed by atoms with E-state index in [2.05, 4.69) is 0 Å². The van der Waals surface area contributed by atoms with Gasteiger partial charge in [-0.25, -0.2) is 0 Å². The fourth-order valence-corrected chi connectivity index (χ4v) is 2.66. The fourth-order valence-electron chi connectivity index (χ4n) is 2.66. The van der Waals surface area contributed by atoms with Crippen molar-refractivity contribution in [2.24, 2.45) is 0 Å². The first-order chi connectivity index (χ1) is 13.1. The third-order valence-electron chi connectivity index (χ3n) is 4.02. The van der Waals surface area contributed by atoms with Crippen molar-refractivity contribution < 1.29 is 19.1 Å². The van der Waals surface area contributed by atoms with Crippen LogP contribution in [-0.4, -0.2) is 36.5 Å². The molecule has 1 amide bonds. The fraction of sp³-hybridized carbons (Fsp3) is 0.364. The Bertz CT molecular complexity index is 713. The van der Waals surface area contributed by atoms with Crippen molar-refractivity contribution >= 4 is 11.9 Å². The number of amides is 1. The zero-order valence-electron chi connectivity index (χ0n) is 16.0. The monoisotopic (exact) mass is 369 g/mol. The Balaban J connectivity index is 1.94. The molecule has 0 aliphatic heterocycles. The summed E-state index contributed by atoms with van der Waals surface area (Å²) in [7, 11) is 0. The molecule has 0 saturated heterocycles. The third kappa shape index (κ3) is 6.77. The zero-order chi connectivity index (χ0) is 19.5. The molecule has 2 aromatic carbocycles. The second-order valence-electron chi connectivity index (χ2n) is 6.15. The summed E-state index contributed by atoms with van der Waals surface area (Å²) in [6, 6.07) is 17.0. The number of carbonyl (C=O) groups excluding carboxylic acids is 2. The number of hydrogen-bond acceptors (Lipinski definition) is 4. The van der Waals surface area contributed by atoms with E-state index in [0.717, 1.165) is 12.0 Å². The molecular weight excluding hydrogens is 342 g/mol. The quantitative estimate of drug-likeness (QED) is 0.593. The number of esters is 1. The second-order valence-corrected chi connectivity index (χ2v) is 6.15. The molecule has 0 radical (unpaired) electrons. The van der Waals surface area contributed by atoms with Crippen molar-refractivity contribution in [1.29, 1.82) is 0 Å². The summed E-state index contributed by atoms with van der Waals surface area (Å²) >= 11 is 0. The molecule has 0 unspecified atom stereocenters. The Kier molecular flexibility index (Phi) is 8.36. The van der Waals surface area contributed by atoms with Crippen LogP contribution in [-0.2, 0) is 16.1 Å². The minimum absolute atomic E-state index is 0.0873. The number of rotatable bonds is 10. The highest BCUT2D eigenvalue weighted by atomic mass is 16.5. The number of ether oxygens (including phenoxy) is 2. The van der Waals surface area contributed by atoms with Gasteiger partial charge in [0, 0.05) is 18.7 Å². The smallest absolute Gasteiger partial charge is 0.307 e. The van der Waals surface area contributed by atoms with Gasteiger partial charge in [0.25, 0.3) is 5.91 Å². The van der Waals surface area contributed by atoms with Crippen molar-refractivity contribution in [2.45, 2.75) is 33.3 Å². The number of nitrogens with zero attached hydrogens (tertiary/aromatic N) is 1. The summed E-state index contributed by atoms with van der Waals surface area (Å²) in [5.41, 5.74) is 1.67. The van der Waals surface area contributed by atoms with Crippen LogP contribution in [0.2, 0.25) is 0 Å². The summed E-state index contributed by atoms with van der Waals surface area (Å²) in [5.74, 6) is 0.343. The highest BCUT2D eigenvalue weighted by Crippen LogP contribution is 2.16. The SMILES string of the molecule is CCCN(CCC(=O)OCC)C(=O)c1ccc(OCc2ccccc2)cc1. The highest BCUT2D eigenvalue weighted by molar-refractivity contribution is 5.94.